The molecule has 0 N–H and O–H groups in total. The summed E-state index contributed by atoms with van der Waals surface area (Å²) in [4.78, 5) is 14.7. The van der Waals surface area contributed by atoms with E-state index in [9.17, 15) is 4.79 Å². The first-order chi connectivity index (χ1) is 6.25. The Labute approximate surface area is 80.0 Å². The summed E-state index contributed by atoms with van der Waals surface area (Å²) in [6.07, 6.45) is 6.31. The first-order valence-corrected chi connectivity index (χ1v) is 4.83. The Morgan fingerprint density at radius 2 is 1.85 bits per heavy atom. The number of aldehydes is 1. The van der Waals surface area contributed by atoms with Gasteiger partial charge in [-0.15, -0.1) is 0 Å². The van der Waals surface area contributed by atoms with Crippen molar-refractivity contribution < 1.29 is 4.79 Å². The van der Waals surface area contributed by atoms with Crippen LogP contribution in [0.1, 0.15) is 19.3 Å². The molecule has 0 aromatic heterocycles. The third kappa shape index (κ3) is 2.76. The van der Waals surface area contributed by atoms with Crippen molar-refractivity contribution in [2.24, 2.45) is 0 Å². The van der Waals surface area contributed by atoms with E-state index < -0.39 is 0 Å². The monoisotopic (exact) mass is 182 g/mol. The summed E-state index contributed by atoms with van der Waals surface area (Å²) in [5, 5.41) is 0. The van der Waals surface area contributed by atoms with Crippen LogP contribution in [0.2, 0.25) is 0 Å². The van der Waals surface area contributed by atoms with E-state index in [1.165, 1.54) is 19.3 Å². The number of rotatable bonds is 3. The van der Waals surface area contributed by atoms with Crippen molar-refractivity contribution in [1.29, 1.82) is 0 Å². The summed E-state index contributed by atoms with van der Waals surface area (Å²) < 4.78 is 0. The van der Waals surface area contributed by atoms with Gasteiger partial charge in [-0.25, -0.2) is 0 Å². The smallest absolute Gasteiger partial charge is 0.146 e. The Bertz CT molecular complexity index is 193. The molecule has 1 saturated heterocycles. The highest BCUT2D eigenvalue weighted by molar-refractivity contribution is 5.65. The molecule has 1 aliphatic rings. The topological polar surface area (TPSA) is 23.6 Å². The minimum atomic E-state index is 0.865. The van der Waals surface area contributed by atoms with Gasteiger partial charge >= 0.3 is 0 Å². The molecule has 1 rings (SSSR count). The molecule has 1 aliphatic heterocycles. The molecule has 0 unspecified atom stereocenters. The SMILES string of the molecule is CN(C)/C(=C/C=O)N1CCCCC1. The zero-order valence-corrected chi connectivity index (χ0v) is 8.49. The van der Waals surface area contributed by atoms with Crippen molar-refractivity contribution in [3.05, 3.63) is 11.9 Å². The van der Waals surface area contributed by atoms with E-state index in [2.05, 4.69) is 4.90 Å². The first-order valence-electron chi connectivity index (χ1n) is 4.83. The summed E-state index contributed by atoms with van der Waals surface area (Å²) in [5.74, 6) is 1.04. The normalized spacial score (nSPS) is 18.6. The number of likely N-dealkylation sites (tertiary alicyclic amines) is 1. The number of hydrogen-bond donors (Lipinski definition) is 0. The van der Waals surface area contributed by atoms with Crippen LogP contribution >= 0.6 is 0 Å². The first kappa shape index (κ1) is 10.1. The van der Waals surface area contributed by atoms with Crippen LogP contribution in [0.15, 0.2) is 11.9 Å². The highest BCUT2D eigenvalue weighted by atomic mass is 16.1. The van der Waals surface area contributed by atoms with Crippen LogP contribution in [0.3, 0.4) is 0 Å². The summed E-state index contributed by atoms with van der Waals surface area (Å²) in [6, 6.07) is 0. The maximum atomic E-state index is 10.4. The fourth-order valence-electron chi connectivity index (χ4n) is 1.72. The number of hydrogen-bond acceptors (Lipinski definition) is 3. The number of allylic oxidation sites excluding steroid dienone is 1. The number of carbonyl (C=O) groups excluding carboxylic acids is 1. The standard InChI is InChI=1S/C10H18N2O/c1-11(2)10(6-9-13)12-7-4-3-5-8-12/h6,9H,3-5,7-8H2,1-2H3/b10-6-. The van der Waals surface area contributed by atoms with Crippen molar-refractivity contribution in [1.82, 2.24) is 9.80 Å². The Morgan fingerprint density at radius 3 is 2.31 bits per heavy atom. The van der Waals surface area contributed by atoms with Crippen LogP contribution in [0.4, 0.5) is 0 Å². The molecular weight excluding hydrogens is 164 g/mol. The van der Waals surface area contributed by atoms with E-state index in [-0.39, 0.29) is 0 Å². The molecule has 13 heavy (non-hydrogen) atoms. The van der Waals surface area contributed by atoms with E-state index in [1.54, 1.807) is 6.08 Å². The number of carbonyl (C=O) groups is 1. The molecule has 74 valence electrons. The van der Waals surface area contributed by atoms with Gasteiger partial charge in [0, 0.05) is 33.3 Å². The fourth-order valence-corrected chi connectivity index (χ4v) is 1.72. The Balaban J connectivity index is 2.62. The summed E-state index contributed by atoms with van der Waals surface area (Å²) >= 11 is 0. The van der Waals surface area contributed by atoms with Gasteiger partial charge in [0.2, 0.25) is 0 Å². The van der Waals surface area contributed by atoms with Crippen LogP contribution < -0.4 is 0 Å². The second-order valence-electron chi connectivity index (χ2n) is 3.60. The van der Waals surface area contributed by atoms with Crippen LogP contribution in [0.25, 0.3) is 0 Å². The van der Waals surface area contributed by atoms with Crippen molar-refractivity contribution in [3.8, 4) is 0 Å². The molecule has 0 radical (unpaired) electrons. The zero-order valence-electron chi connectivity index (χ0n) is 8.49. The molecule has 0 spiro atoms. The van der Waals surface area contributed by atoms with Crippen LogP contribution in [-0.2, 0) is 4.79 Å². The largest absolute Gasteiger partial charge is 0.364 e. The molecular formula is C10H18N2O. The third-order valence-corrected chi connectivity index (χ3v) is 2.36. The van der Waals surface area contributed by atoms with Gasteiger partial charge in [-0.3, -0.25) is 4.79 Å². The highest BCUT2D eigenvalue weighted by Crippen LogP contribution is 2.15. The van der Waals surface area contributed by atoms with Gasteiger partial charge in [-0.1, -0.05) is 0 Å². The summed E-state index contributed by atoms with van der Waals surface area (Å²) in [5.41, 5.74) is 0. The predicted molar refractivity (Wildman–Crippen MR) is 53.3 cm³/mol. The second-order valence-corrected chi connectivity index (χ2v) is 3.60. The quantitative estimate of drug-likeness (QED) is 0.482. The van der Waals surface area contributed by atoms with Gasteiger partial charge in [-0.2, -0.15) is 0 Å². The van der Waals surface area contributed by atoms with E-state index in [0.29, 0.717) is 0 Å². The summed E-state index contributed by atoms with van der Waals surface area (Å²) in [6.45, 7) is 2.16. The van der Waals surface area contributed by atoms with Gasteiger partial charge in [-0.05, 0) is 19.3 Å². The lowest BCUT2D eigenvalue weighted by Crippen LogP contribution is -2.35. The molecule has 0 bridgehead atoms. The maximum absolute atomic E-state index is 10.4. The molecule has 3 nitrogen and oxygen atoms in total. The second kappa shape index (κ2) is 4.90. The van der Waals surface area contributed by atoms with Crippen LogP contribution in [0, 0.1) is 0 Å². The lowest BCUT2D eigenvalue weighted by molar-refractivity contribution is -0.104. The molecule has 0 atom stereocenters. The van der Waals surface area contributed by atoms with Crippen LogP contribution in [0.5, 0.6) is 0 Å². The van der Waals surface area contributed by atoms with E-state index in [4.69, 9.17) is 0 Å². The Kier molecular flexibility index (Phi) is 3.80. The van der Waals surface area contributed by atoms with E-state index in [1.807, 2.05) is 19.0 Å². The van der Waals surface area contributed by atoms with Crippen molar-refractivity contribution in [3.63, 3.8) is 0 Å². The average Bonchev–Trinajstić information content (AvgIpc) is 2.15. The Morgan fingerprint density at radius 1 is 1.23 bits per heavy atom. The molecule has 0 amide bonds. The third-order valence-electron chi connectivity index (χ3n) is 2.36. The van der Waals surface area contributed by atoms with E-state index >= 15 is 0 Å². The molecule has 1 fully saturated rings. The minimum absolute atomic E-state index is 0.865. The predicted octanol–water partition coefficient (Wildman–Crippen LogP) is 1.07. The molecule has 0 aliphatic carbocycles. The van der Waals surface area contributed by atoms with Gasteiger partial charge < -0.3 is 9.80 Å². The van der Waals surface area contributed by atoms with Gasteiger partial charge in [0.15, 0.2) is 0 Å². The van der Waals surface area contributed by atoms with Gasteiger partial charge in [0.05, 0.1) is 0 Å². The number of piperidine rings is 1. The highest BCUT2D eigenvalue weighted by Gasteiger charge is 2.13. The molecule has 0 aromatic carbocycles. The van der Waals surface area contributed by atoms with Crippen molar-refractivity contribution in [2.75, 3.05) is 27.2 Å². The molecule has 0 saturated carbocycles. The minimum Gasteiger partial charge on any atom is -0.364 e. The Hall–Kier alpha value is -0.990. The maximum Gasteiger partial charge on any atom is 0.146 e. The van der Waals surface area contributed by atoms with Crippen molar-refractivity contribution in [2.45, 2.75) is 19.3 Å². The number of nitrogens with zero attached hydrogens (tertiary/aromatic N) is 2. The lowest BCUT2D eigenvalue weighted by Gasteiger charge is -2.34. The van der Waals surface area contributed by atoms with Crippen molar-refractivity contribution >= 4 is 6.29 Å². The van der Waals surface area contributed by atoms with Crippen LogP contribution in [-0.4, -0.2) is 43.3 Å². The fraction of sp³-hybridized carbons (Fsp3) is 0.700. The average molecular weight is 182 g/mol. The zero-order chi connectivity index (χ0) is 9.68. The molecule has 1 heterocycles. The van der Waals surface area contributed by atoms with E-state index in [0.717, 1.165) is 25.2 Å². The van der Waals surface area contributed by atoms with Gasteiger partial charge in [0.25, 0.3) is 0 Å². The summed E-state index contributed by atoms with van der Waals surface area (Å²) in [7, 11) is 3.95. The molecule has 3 heteroatoms. The lowest BCUT2D eigenvalue weighted by atomic mass is 10.1. The van der Waals surface area contributed by atoms with Gasteiger partial charge in [0.1, 0.15) is 12.1 Å². The molecule has 0 aromatic rings.